The average molecular weight is 249 g/mol. The van der Waals surface area contributed by atoms with Gasteiger partial charge in [-0.1, -0.05) is 26.0 Å². The van der Waals surface area contributed by atoms with Gasteiger partial charge in [0.2, 0.25) is 5.96 Å². The molecule has 0 spiro atoms. The van der Waals surface area contributed by atoms with Crippen LogP contribution < -0.4 is 11.5 Å². The quantitative estimate of drug-likeness (QED) is 0.362. The van der Waals surface area contributed by atoms with E-state index in [1.807, 2.05) is 13.8 Å². The Kier molecular flexibility index (Phi) is 4.36. The van der Waals surface area contributed by atoms with E-state index in [0.717, 1.165) is 0 Å². The molecular weight excluding hydrogens is 234 g/mol. The zero-order chi connectivity index (χ0) is 13.7. The first-order valence-electron chi connectivity index (χ1n) is 5.32. The maximum absolute atomic E-state index is 11.0. The molecule has 96 valence electrons. The first-order chi connectivity index (χ1) is 8.41. The maximum Gasteiger partial charge on any atom is 0.273 e. The Morgan fingerprint density at radius 1 is 1.44 bits per heavy atom. The van der Waals surface area contributed by atoms with Crippen molar-refractivity contribution < 1.29 is 4.92 Å². The van der Waals surface area contributed by atoms with Crippen LogP contribution in [0.5, 0.6) is 0 Å². The summed E-state index contributed by atoms with van der Waals surface area (Å²) in [6, 6.07) is 4.88. The number of rotatable bonds is 4. The SMILES string of the molecule is CC(C)c1ccc(C=NN=C(N)N)cc1[N+](=O)[O-]. The largest absolute Gasteiger partial charge is 0.369 e. The molecule has 7 nitrogen and oxygen atoms in total. The van der Waals surface area contributed by atoms with E-state index in [9.17, 15) is 10.1 Å². The highest BCUT2D eigenvalue weighted by molar-refractivity contribution is 5.82. The molecule has 0 aliphatic rings. The van der Waals surface area contributed by atoms with Crippen molar-refractivity contribution >= 4 is 17.9 Å². The standard InChI is InChI=1S/C11H15N5O2/c1-7(2)9-4-3-8(5-10(9)16(17)18)6-14-15-11(12)13/h3-7H,1-2H3,(H4,12,13,15). The molecule has 0 aliphatic carbocycles. The van der Waals surface area contributed by atoms with E-state index in [4.69, 9.17) is 11.5 Å². The Bertz CT molecular complexity index is 504. The van der Waals surface area contributed by atoms with Gasteiger partial charge < -0.3 is 11.5 Å². The van der Waals surface area contributed by atoms with E-state index in [-0.39, 0.29) is 17.6 Å². The Hall–Kier alpha value is -2.44. The molecule has 0 aliphatic heterocycles. The van der Waals surface area contributed by atoms with Crippen LogP contribution in [0.4, 0.5) is 5.69 Å². The summed E-state index contributed by atoms with van der Waals surface area (Å²) < 4.78 is 0. The normalized spacial score (nSPS) is 10.8. The van der Waals surface area contributed by atoms with Crippen molar-refractivity contribution in [2.75, 3.05) is 0 Å². The van der Waals surface area contributed by atoms with Gasteiger partial charge in [0.15, 0.2) is 0 Å². The lowest BCUT2D eigenvalue weighted by Crippen LogP contribution is -2.21. The summed E-state index contributed by atoms with van der Waals surface area (Å²) in [6.07, 6.45) is 1.36. The molecule has 4 N–H and O–H groups in total. The van der Waals surface area contributed by atoms with Gasteiger partial charge in [-0.25, -0.2) is 0 Å². The topological polar surface area (TPSA) is 120 Å². The van der Waals surface area contributed by atoms with Crippen LogP contribution in [-0.2, 0) is 0 Å². The summed E-state index contributed by atoms with van der Waals surface area (Å²) in [5.41, 5.74) is 11.5. The van der Waals surface area contributed by atoms with Gasteiger partial charge >= 0.3 is 0 Å². The monoisotopic (exact) mass is 249 g/mol. The summed E-state index contributed by atoms with van der Waals surface area (Å²) in [6.45, 7) is 3.80. The predicted octanol–water partition coefficient (Wildman–Crippen LogP) is 1.33. The fourth-order valence-electron chi connectivity index (χ4n) is 1.45. The number of hydrogen-bond donors (Lipinski definition) is 2. The lowest BCUT2D eigenvalue weighted by molar-refractivity contribution is -0.385. The van der Waals surface area contributed by atoms with Crippen LogP contribution in [0.2, 0.25) is 0 Å². The Labute approximate surface area is 104 Å². The minimum atomic E-state index is -0.409. The first-order valence-corrected chi connectivity index (χ1v) is 5.32. The summed E-state index contributed by atoms with van der Waals surface area (Å²) in [5, 5.41) is 18.0. The van der Waals surface area contributed by atoms with Gasteiger partial charge in [0.25, 0.3) is 5.69 Å². The van der Waals surface area contributed by atoms with Crippen molar-refractivity contribution in [3.63, 3.8) is 0 Å². The second-order valence-corrected chi connectivity index (χ2v) is 4.00. The molecule has 1 aromatic carbocycles. The first kappa shape index (κ1) is 13.6. The van der Waals surface area contributed by atoms with Crippen LogP contribution >= 0.6 is 0 Å². The highest BCUT2D eigenvalue weighted by Crippen LogP contribution is 2.26. The summed E-state index contributed by atoms with van der Waals surface area (Å²) in [4.78, 5) is 10.5. The van der Waals surface area contributed by atoms with Crippen molar-refractivity contribution in [3.05, 3.63) is 39.4 Å². The third kappa shape index (κ3) is 3.55. The van der Waals surface area contributed by atoms with Gasteiger partial charge in [-0.3, -0.25) is 10.1 Å². The number of nitro benzene ring substituents is 1. The molecule has 0 radical (unpaired) electrons. The average Bonchev–Trinajstić information content (AvgIpc) is 2.28. The molecule has 1 aromatic rings. The molecule has 0 unspecified atom stereocenters. The van der Waals surface area contributed by atoms with Gasteiger partial charge in [0.05, 0.1) is 11.1 Å². The van der Waals surface area contributed by atoms with Crippen molar-refractivity contribution in [1.29, 1.82) is 0 Å². The van der Waals surface area contributed by atoms with Crippen molar-refractivity contribution in [1.82, 2.24) is 0 Å². The smallest absolute Gasteiger partial charge is 0.273 e. The molecule has 0 bridgehead atoms. The van der Waals surface area contributed by atoms with Crippen LogP contribution in [0, 0.1) is 10.1 Å². The number of hydrogen-bond acceptors (Lipinski definition) is 4. The third-order valence-electron chi connectivity index (χ3n) is 2.25. The van der Waals surface area contributed by atoms with Gasteiger partial charge in [-0.15, -0.1) is 5.10 Å². The molecule has 0 amide bonds. The zero-order valence-corrected chi connectivity index (χ0v) is 10.2. The van der Waals surface area contributed by atoms with Crippen molar-refractivity contribution in [2.24, 2.45) is 21.7 Å². The van der Waals surface area contributed by atoms with Crippen LogP contribution in [0.25, 0.3) is 0 Å². The molecule has 0 fully saturated rings. The Morgan fingerprint density at radius 3 is 2.61 bits per heavy atom. The highest BCUT2D eigenvalue weighted by Gasteiger charge is 2.16. The van der Waals surface area contributed by atoms with E-state index in [0.29, 0.717) is 11.1 Å². The summed E-state index contributed by atoms with van der Waals surface area (Å²) in [5.74, 6) is -0.0892. The fraction of sp³-hybridized carbons (Fsp3) is 0.273. The molecule has 0 heterocycles. The molecular formula is C11H15N5O2. The Morgan fingerprint density at radius 2 is 2.11 bits per heavy atom. The molecule has 18 heavy (non-hydrogen) atoms. The van der Waals surface area contributed by atoms with E-state index in [1.54, 1.807) is 12.1 Å². The Balaban J connectivity index is 3.12. The predicted molar refractivity (Wildman–Crippen MR) is 70.6 cm³/mol. The van der Waals surface area contributed by atoms with E-state index < -0.39 is 4.92 Å². The zero-order valence-electron chi connectivity index (χ0n) is 10.2. The van der Waals surface area contributed by atoms with Crippen LogP contribution in [0.1, 0.15) is 30.9 Å². The lowest BCUT2D eigenvalue weighted by atomic mass is 9.99. The van der Waals surface area contributed by atoms with E-state index in [1.165, 1.54) is 12.3 Å². The van der Waals surface area contributed by atoms with Gasteiger partial charge in [-0.2, -0.15) is 5.10 Å². The number of nitrogens with zero attached hydrogens (tertiary/aromatic N) is 3. The number of nitrogens with two attached hydrogens (primary N) is 2. The van der Waals surface area contributed by atoms with Crippen LogP contribution in [-0.4, -0.2) is 17.1 Å². The molecule has 1 rings (SSSR count). The number of nitro groups is 1. The lowest BCUT2D eigenvalue weighted by Gasteiger charge is -2.06. The second-order valence-electron chi connectivity index (χ2n) is 4.00. The maximum atomic E-state index is 11.0. The minimum absolute atomic E-state index is 0.0682. The molecule has 0 atom stereocenters. The van der Waals surface area contributed by atoms with Crippen LogP contribution in [0.15, 0.2) is 28.4 Å². The summed E-state index contributed by atoms with van der Waals surface area (Å²) in [7, 11) is 0. The fourth-order valence-corrected chi connectivity index (χ4v) is 1.45. The van der Waals surface area contributed by atoms with E-state index >= 15 is 0 Å². The second kappa shape index (κ2) is 5.76. The number of benzene rings is 1. The summed E-state index contributed by atoms with van der Waals surface area (Å²) >= 11 is 0. The van der Waals surface area contributed by atoms with Crippen molar-refractivity contribution in [2.45, 2.75) is 19.8 Å². The van der Waals surface area contributed by atoms with Gasteiger partial charge in [-0.05, 0) is 5.92 Å². The van der Waals surface area contributed by atoms with Crippen LogP contribution in [0.3, 0.4) is 0 Å². The molecule has 0 aromatic heterocycles. The van der Waals surface area contributed by atoms with Gasteiger partial charge in [0, 0.05) is 17.2 Å². The third-order valence-corrected chi connectivity index (χ3v) is 2.25. The molecule has 0 saturated heterocycles. The highest BCUT2D eigenvalue weighted by atomic mass is 16.6. The molecule has 7 heteroatoms. The minimum Gasteiger partial charge on any atom is -0.369 e. The van der Waals surface area contributed by atoms with Crippen molar-refractivity contribution in [3.8, 4) is 0 Å². The van der Waals surface area contributed by atoms with E-state index in [2.05, 4.69) is 10.2 Å². The molecule has 0 saturated carbocycles. The number of guanidine groups is 1. The van der Waals surface area contributed by atoms with Gasteiger partial charge in [0.1, 0.15) is 0 Å².